The highest BCUT2D eigenvalue weighted by molar-refractivity contribution is 6.30. The van der Waals surface area contributed by atoms with Crippen LogP contribution in [0.2, 0.25) is 5.02 Å². The minimum atomic E-state index is -4.82. The van der Waals surface area contributed by atoms with Crippen molar-refractivity contribution in [2.45, 2.75) is 77.1 Å². The number of hydrogen-bond donors (Lipinski definition) is 2. The van der Waals surface area contributed by atoms with Crippen molar-refractivity contribution in [3.63, 3.8) is 0 Å². The van der Waals surface area contributed by atoms with Gasteiger partial charge in [-0.05, 0) is 77.7 Å². The molecule has 2 N–H and O–H groups in total. The zero-order valence-electron chi connectivity index (χ0n) is 36.0. The number of alkyl halides is 3. The number of rotatable bonds is 15. The van der Waals surface area contributed by atoms with Crippen molar-refractivity contribution in [2.75, 3.05) is 32.8 Å². The normalized spacial score (nSPS) is 14.4. The number of amides is 1. The maximum atomic E-state index is 13.7. The fraction of sp³-hybridized carbons (Fsp3) is 0.360. The largest absolute Gasteiger partial charge is 0.493 e. The van der Waals surface area contributed by atoms with Crippen molar-refractivity contribution in [1.82, 2.24) is 20.0 Å². The van der Waals surface area contributed by atoms with Gasteiger partial charge in [-0.15, -0.1) is 5.92 Å². The van der Waals surface area contributed by atoms with Gasteiger partial charge in [0.25, 0.3) is 5.79 Å². The van der Waals surface area contributed by atoms with Gasteiger partial charge in [0.2, 0.25) is 5.91 Å². The number of ether oxygens (including phenoxy) is 4. The van der Waals surface area contributed by atoms with Gasteiger partial charge in [0, 0.05) is 74.2 Å². The van der Waals surface area contributed by atoms with Crippen LogP contribution >= 0.6 is 11.6 Å². The molecule has 65 heavy (non-hydrogen) atoms. The molecule has 4 aromatic carbocycles. The molecule has 1 amide bonds. The lowest BCUT2D eigenvalue weighted by molar-refractivity contribution is -0.148. The Labute approximate surface area is 380 Å². The van der Waals surface area contributed by atoms with Gasteiger partial charge < -0.3 is 34.3 Å². The molecule has 0 radical (unpaired) electrons. The summed E-state index contributed by atoms with van der Waals surface area (Å²) in [5.41, 5.74) is 1.97. The van der Waals surface area contributed by atoms with E-state index in [2.05, 4.69) is 47.9 Å². The smallest absolute Gasteiger partial charge is 0.419 e. The van der Waals surface area contributed by atoms with E-state index in [0.717, 1.165) is 28.8 Å². The van der Waals surface area contributed by atoms with Gasteiger partial charge in [0.15, 0.2) is 11.5 Å². The molecule has 7 rings (SSSR count). The SMILES string of the molecule is CC(C)C(C(=O)N1CCC2(CC1)Oc1ccc(C#Cc3cnn(CCC#CCCOc4ccc(OCc5ccc(F)c(C(F)(F)F)c5)c(CNCCO)c4)c3)cc1O2)c1ccc(Cl)cc1. The molecule has 1 unspecified atom stereocenters. The third kappa shape index (κ3) is 12.3. The molecule has 0 saturated carbocycles. The molecule has 1 saturated heterocycles. The van der Waals surface area contributed by atoms with Gasteiger partial charge in [0.05, 0.1) is 43.0 Å². The summed E-state index contributed by atoms with van der Waals surface area (Å²) in [6.07, 6.45) is 0.875. The van der Waals surface area contributed by atoms with Gasteiger partial charge in [-0.2, -0.15) is 18.3 Å². The minimum absolute atomic E-state index is 0.0829. The Morgan fingerprint density at radius 3 is 2.45 bits per heavy atom. The molecule has 3 heterocycles. The first-order valence-electron chi connectivity index (χ1n) is 21.4. The topological polar surface area (TPSA) is 107 Å². The first kappa shape index (κ1) is 46.8. The predicted octanol–water partition coefficient (Wildman–Crippen LogP) is 9.15. The summed E-state index contributed by atoms with van der Waals surface area (Å²) in [6.45, 7) is 6.40. The molecule has 10 nitrogen and oxygen atoms in total. The first-order chi connectivity index (χ1) is 31.3. The van der Waals surface area contributed by atoms with Gasteiger partial charge in [0.1, 0.15) is 23.9 Å². The van der Waals surface area contributed by atoms with E-state index >= 15 is 0 Å². The quantitative estimate of drug-likeness (QED) is 0.0609. The van der Waals surface area contributed by atoms with E-state index in [1.807, 2.05) is 53.6 Å². The molecule has 0 bridgehead atoms. The van der Waals surface area contributed by atoms with Crippen molar-refractivity contribution in [3.8, 4) is 46.7 Å². The number of halogens is 5. The molecule has 1 aromatic heterocycles. The lowest BCUT2D eigenvalue weighted by Crippen LogP contribution is -2.52. The number of carbonyl (C=O) groups excluding carboxylic acids is 1. The zero-order chi connectivity index (χ0) is 46.0. The second kappa shape index (κ2) is 21.2. The zero-order valence-corrected chi connectivity index (χ0v) is 36.8. The Morgan fingerprint density at radius 1 is 0.938 bits per heavy atom. The number of piperidine rings is 1. The van der Waals surface area contributed by atoms with Gasteiger partial charge >= 0.3 is 6.18 Å². The molecule has 0 aliphatic carbocycles. The summed E-state index contributed by atoms with van der Waals surface area (Å²) in [5.74, 6) is 12.7. The summed E-state index contributed by atoms with van der Waals surface area (Å²) in [5, 5.41) is 17.3. The number of carbonyl (C=O) groups is 1. The van der Waals surface area contributed by atoms with E-state index in [4.69, 9.17) is 30.5 Å². The Morgan fingerprint density at radius 2 is 1.69 bits per heavy atom. The lowest BCUT2D eigenvalue weighted by atomic mass is 9.86. The molecule has 2 aliphatic heterocycles. The van der Waals surface area contributed by atoms with E-state index in [0.29, 0.717) is 98.6 Å². The number of aromatic nitrogens is 2. The summed E-state index contributed by atoms with van der Waals surface area (Å²) < 4.78 is 79.5. The van der Waals surface area contributed by atoms with Gasteiger partial charge in [-0.25, -0.2) is 4.39 Å². The Bertz CT molecular complexity index is 2570. The van der Waals surface area contributed by atoms with Crippen LogP contribution in [-0.2, 0) is 30.7 Å². The molecule has 5 aromatic rings. The molecule has 1 atom stereocenters. The number of aryl methyl sites for hydroxylation is 1. The van der Waals surface area contributed by atoms with Crippen LogP contribution in [0.15, 0.2) is 91.3 Å². The Balaban J connectivity index is 0.849. The number of aliphatic hydroxyl groups is 1. The van der Waals surface area contributed by atoms with Crippen LogP contribution in [0.3, 0.4) is 0 Å². The van der Waals surface area contributed by atoms with Crippen molar-refractivity contribution >= 4 is 17.5 Å². The number of nitrogens with one attached hydrogen (secondary N) is 1. The highest BCUT2D eigenvalue weighted by atomic mass is 35.5. The highest BCUT2D eigenvalue weighted by Crippen LogP contribution is 2.44. The number of aliphatic hydroxyl groups excluding tert-OH is 1. The van der Waals surface area contributed by atoms with Gasteiger partial charge in [-0.1, -0.05) is 61.4 Å². The number of likely N-dealkylation sites (tertiary alicyclic amines) is 1. The third-order valence-corrected chi connectivity index (χ3v) is 11.2. The van der Waals surface area contributed by atoms with Crippen molar-refractivity contribution in [2.24, 2.45) is 5.92 Å². The van der Waals surface area contributed by atoms with Crippen LogP contribution in [0.25, 0.3) is 0 Å². The fourth-order valence-electron chi connectivity index (χ4n) is 7.65. The number of fused-ring (bicyclic) bond motifs is 1. The average Bonchev–Trinajstić information content (AvgIpc) is 3.89. The molecular formula is C50H49ClF4N4O6. The van der Waals surface area contributed by atoms with Gasteiger partial charge in [-0.3, -0.25) is 9.48 Å². The fourth-order valence-corrected chi connectivity index (χ4v) is 7.78. The third-order valence-electron chi connectivity index (χ3n) is 11.0. The van der Waals surface area contributed by atoms with E-state index in [1.165, 1.54) is 6.07 Å². The molecule has 2 aliphatic rings. The van der Waals surface area contributed by atoms with Crippen LogP contribution in [0.5, 0.6) is 23.0 Å². The second-order valence-electron chi connectivity index (χ2n) is 16.1. The molecule has 340 valence electrons. The summed E-state index contributed by atoms with van der Waals surface area (Å²) in [7, 11) is 0. The molecule has 1 spiro atoms. The summed E-state index contributed by atoms with van der Waals surface area (Å²) in [4.78, 5) is 15.6. The highest BCUT2D eigenvalue weighted by Gasteiger charge is 2.46. The monoisotopic (exact) mass is 912 g/mol. The van der Waals surface area contributed by atoms with E-state index in [1.54, 1.807) is 29.1 Å². The maximum Gasteiger partial charge on any atom is 0.419 e. The van der Waals surface area contributed by atoms with E-state index in [-0.39, 0.29) is 36.5 Å². The Hall–Kier alpha value is -6.19. The first-order valence-corrected chi connectivity index (χ1v) is 21.8. The van der Waals surface area contributed by atoms with Crippen molar-refractivity contribution in [3.05, 3.63) is 135 Å². The van der Waals surface area contributed by atoms with Crippen molar-refractivity contribution in [1.29, 1.82) is 0 Å². The Kier molecular flexibility index (Phi) is 15.3. The number of benzene rings is 4. The molecular weight excluding hydrogens is 864 g/mol. The van der Waals surface area contributed by atoms with Crippen molar-refractivity contribution < 1.29 is 46.4 Å². The predicted molar refractivity (Wildman–Crippen MR) is 237 cm³/mol. The van der Waals surface area contributed by atoms with Crippen LogP contribution in [0.4, 0.5) is 17.6 Å². The van der Waals surface area contributed by atoms with E-state index < -0.39 is 23.3 Å². The maximum absolute atomic E-state index is 13.7. The second-order valence-corrected chi connectivity index (χ2v) is 16.5. The minimum Gasteiger partial charge on any atom is -0.493 e. The van der Waals surface area contributed by atoms with E-state index in [9.17, 15) is 27.5 Å². The van der Waals surface area contributed by atoms with Crippen LogP contribution in [0.1, 0.15) is 78.8 Å². The average molecular weight is 913 g/mol. The summed E-state index contributed by atoms with van der Waals surface area (Å²) in [6, 6.07) is 21.0. The number of hydrogen-bond acceptors (Lipinski definition) is 8. The molecule has 15 heteroatoms. The summed E-state index contributed by atoms with van der Waals surface area (Å²) >= 11 is 6.10. The lowest BCUT2D eigenvalue weighted by Gasteiger charge is -2.39. The van der Waals surface area contributed by atoms with Crippen LogP contribution in [-0.4, -0.2) is 64.3 Å². The number of nitrogens with zero attached hydrogens (tertiary/aromatic N) is 3. The standard InChI is InChI=1S/C50H49ClF4N4O6/c1-34(2)47(38-11-13-40(51)14-12-38)48(61)58-23-19-49(20-24-58)64-45-17-10-35(28-46(45)65-49)7-8-37-30-57-59(32-37)22-5-3-4-6-26-62-41-15-18-44(39(29-41)31-56-21-25-60)63-33-36-9-16-43(52)42(27-36)50(53,54)55/h9-18,27-30,32,34,47,56,60H,5-6,19-26,31,33H2,1-2H3. The molecule has 1 fully saturated rings. The van der Waals surface area contributed by atoms with Crippen LogP contribution < -0.4 is 24.3 Å². The van der Waals surface area contributed by atoms with Crippen LogP contribution in [0, 0.1) is 35.4 Å².